The van der Waals surface area contributed by atoms with E-state index in [4.69, 9.17) is 16.7 Å². The molecule has 0 spiro atoms. The third-order valence-corrected chi connectivity index (χ3v) is 2.47. The van der Waals surface area contributed by atoms with Gasteiger partial charge in [-0.2, -0.15) is 0 Å². The molecule has 0 atom stereocenters. The molecule has 0 heterocycles. The van der Waals surface area contributed by atoms with Gasteiger partial charge in [0, 0.05) is 18.0 Å². The zero-order chi connectivity index (χ0) is 14.0. The summed E-state index contributed by atoms with van der Waals surface area (Å²) in [6.07, 6.45) is 0.530. The lowest BCUT2D eigenvalue weighted by atomic mass is 10.2. The van der Waals surface area contributed by atoms with Crippen molar-refractivity contribution < 1.29 is 9.90 Å². The van der Waals surface area contributed by atoms with E-state index in [-0.39, 0.29) is 11.7 Å². The molecule has 4 N–H and O–H groups in total. The number of aliphatic carboxylic acids is 1. The van der Waals surface area contributed by atoms with Crippen LogP contribution >= 0.6 is 11.6 Å². The summed E-state index contributed by atoms with van der Waals surface area (Å²) in [6.45, 7) is 4.14. The van der Waals surface area contributed by atoms with Crippen molar-refractivity contribution in [2.75, 3.05) is 20.6 Å². The number of carboxylic acids is 1. The molecule has 0 amide bonds. The quantitative estimate of drug-likeness (QED) is 0.644. The Labute approximate surface area is 120 Å². The predicted molar refractivity (Wildman–Crippen MR) is 81.0 cm³/mol. The first-order valence-electron chi connectivity index (χ1n) is 5.63. The van der Waals surface area contributed by atoms with Crippen LogP contribution in [0.4, 0.5) is 0 Å². The van der Waals surface area contributed by atoms with Crippen LogP contribution in [0, 0.1) is 0 Å². The molecule has 4 nitrogen and oxygen atoms in total. The average molecular weight is 287 g/mol. The lowest BCUT2D eigenvalue weighted by Crippen LogP contribution is -2.15. The number of rotatable bonds is 5. The highest BCUT2D eigenvalue weighted by molar-refractivity contribution is 6.17. The van der Waals surface area contributed by atoms with Crippen molar-refractivity contribution >= 4 is 17.6 Å². The fourth-order valence-corrected chi connectivity index (χ4v) is 1.21. The summed E-state index contributed by atoms with van der Waals surface area (Å²) in [4.78, 5) is 12.1. The highest BCUT2D eigenvalue weighted by Crippen LogP contribution is 2.00. The van der Waals surface area contributed by atoms with E-state index < -0.39 is 5.97 Å². The van der Waals surface area contributed by atoms with Crippen LogP contribution in [-0.2, 0) is 10.7 Å². The summed E-state index contributed by atoms with van der Waals surface area (Å²) < 4.78 is 0. The van der Waals surface area contributed by atoms with Crippen LogP contribution in [0.1, 0.15) is 12.0 Å². The minimum absolute atomic E-state index is 0. The topological polar surface area (TPSA) is 75.5 Å². The van der Waals surface area contributed by atoms with Gasteiger partial charge in [-0.3, -0.25) is 0 Å². The first-order chi connectivity index (χ1) is 8.47. The Kier molecular flexibility index (Phi) is 12.3. The first-order valence-corrected chi connectivity index (χ1v) is 6.16. The molecule has 0 radical (unpaired) electrons. The highest BCUT2D eigenvalue weighted by Gasteiger charge is 2.02. The molecule has 1 aromatic rings. The summed E-state index contributed by atoms with van der Waals surface area (Å²) in [5.74, 6) is -0.289. The number of carboxylic acid groups (broad SMARTS) is 1. The molecule has 5 heteroatoms. The van der Waals surface area contributed by atoms with Gasteiger partial charge in [0.2, 0.25) is 0 Å². The van der Waals surface area contributed by atoms with Crippen LogP contribution < -0.4 is 6.15 Å². The van der Waals surface area contributed by atoms with Crippen molar-refractivity contribution in [2.24, 2.45) is 0 Å². The Morgan fingerprint density at radius 2 is 1.84 bits per heavy atom. The van der Waals surface area contributed by atoms with E-state index in [1.807, 2.05) is 49.3 Å². The number of alkyl halides is 1. The van der Waals surface area contributed by atoms with Gasteiger partial charge in [-0.1, -0.05) is 36.9 Å². The average Bonchev–Trinajstić information content (AvgIpc) is 2.37. The summed E-state index contributed by atoms with van der Waals surface area (Å²) in [6, 6.07) is 9.96. The third-order valence-electron chi connectivity index (χ3n) is 2.16. The van der Waals surface area contributed by atoms with Gasteiger partial charge in [0.15, 0.2) is 0 Å². The summed E-state index contributed by atoms with van der Waals surface area (Å²) >= 11 is 5.53. The van der Waals surface area contributed by atoms with E-state index in [1.54, 1.807) is 0 Å². The molecule has 0 aromatic heterocycles. The molecular formula is C14H23ClN2O2. The second-order valence-corrected chi connectivity index (χ2v) is 4.35. The van der Waals surface area contributed by atoms with Crippen molar-refractivity contribution in [1.82, 2.24) is 11.1 Å². The predicted octanol–water partition coefficient (Wildman–Crippen LogP) is 3.17. The molecule has 19 heavy (non-hydrogen) atoms. The summed E-state index contributed by atoms with van der Waals surface area (Å²) in [7, 11) is 3.80. The maximum atomic E-state index is 10.2. The van der Waals surface area contributed by atoms with Gasteiger partial charge in [0.05, 0.1) is 0 Å². The van der Waals surface area contributed by atoms with Gasteiger partial charge >= 0.3 is 5.97 Å². The Hall–Kier alpha value is -1.36. The van der Waals surface area contributed by atoms with Gasteiger partial charge in [-0.15, -0.1) is 11.6 Å². The zero-order valence-electron chi connectivity index (χ0n) is 11.6. The molecule has 108 valence electrons. The van der Waals surface area contributed by atoms with Crippen molar-refractivity contribution in [2.45, 2.75) is 12.3 Å². The molecule has 0 unspecified atom stereocenters. The maximum absolute atomic E-state index is 10.2. The van der Waals surface area contributed by atoms with Crippen molar-refractivity contribution in [3.05, 3.63) is 48.0 Å². The molecule has 1 aromatic carbocycles. The van der Waals surface area contributed by atoms with Crippen molar-refractivity contribution in [3.63, 3.8) is 0 Å². The van der Waals surface area contributed by atoms with Crippen molar-refractivity contribution in [1.29, 1.82) is 0 Å². The van der Waals surface area contributed by atoms with Crippen LogP contribution in [0.25, 0.3) is 0 Å². The van der Waals surface area contributed by atoms with E-state index in [0.29, 0.717) is 12.3 Å². The lowest BCUT2D eigenvalue weighted by molar-refractivity contribution is -0.132. The van der Waals surface area contributed by atoms with E-state index in [0.717, 1.165) is 6.54 Å². The molecule has 1 rings (SSSR count). The second-order valence-electron chi connectivity index (χ2n) is 4.08. The van der Waals surface area contributed by atoms with Gasteiger partial charge in [-0.05, 0) is 26.1 Å². The van der Waals surface area contributed by atoms with E-state index in [2.05, 4.69) is 6.58 Å². The smallest absolute Gasteiger partial charge is 0.331 e. The van der Waals surface area contributed by atoms with Gasteiger partial charge < -0.3 is 16.2 Å². The van der Waals surface area contributed by atoms with Gasteiger partial charge in [0.1, 0.15) is 0 Å². The molecule has 0 saturated carbocycles. The summed E-state index contributed by atoms with van der Waals surface area (Å²) in [5.41, 5.74) is 1.45. The Balaban J connectivity index is 0. The zero-order valence-corrected chi connectivity index (χ0v) is 12.4. The Bertz CT molecular complexity index is 367. The molecule has 0 bridgehead atoms. The molecular weight excluding hydrogens is 264 g/mol. The largest absolute Gasteiger partial charge is 0.478 e. The molecule has 0 aliphatic rings. The Morgan fingerprint density at radius 3 is 2.16 bits per heavy atom. The monoisotopic (exact) mass is 286 g/mol. The number of halogens is 1. The number of hydrogen-bond donors (Lipinski definition) is 2. The normalized spacial score (nSPS) is 9.05. The molecule has 0 aliphatic heterocycles. The first kappa shape index (κ1) is 20.0. The van der Waals surface area contributed by atoms with Gasteiger partial charge in [0.25, 0.3) is 0 Å². The number of benzene rings is 1. The molecule has 0 fully saturated rings. The second kappa shape index (κ2) is 11.7. The fraction of sp³-hybridized carbons (Fsp3) is 0.357. The fourth-order valence-electron chi connectivity index (χ4n) is 1.03. The van der Waals surface area contributed by atoms with E-state index in [9.17, 15) is 4.79 Å². The lowest BCUT2D eigenvalue weighted by Gasteiger charge is -2.07. The van der Waals surface area contributed by atoms with Crippen LogP contribution in [0.15, 0.2) is 42.5 Å². The highest BCUT2D eigenvalue weighted by atomic mass is 35.5. The van der Waals surface area contributed by atoms with Crippen LogP contribution in [0.2, 0.25) is 0 Å². The number of hydrogen-bond acceptors (Lipinski definition) is 3. The minimum atomic E-state index is -0.901. The SMILES string of the molecule is C=C(CCN(C)C)C(=O)O.ClCc1ccccc1.N. The maximum Gasteiger partial charge on any atom is 0.331 e. The van der Waals surface area contributed by atoms with Gasteiger partial charge in [-0.25, -0.2) is 4.79 Å². The van der Waals surface area contributed by atoms with E-state index >= 15 is 0 Å². The standard InChI is InChI=1S/C7H7Cl.C7H13NO2.H3N/c8-6-7-4-2-1-3-5-7;1-6(7(9)10)4-5-8(2)3;/h1-5H,6H2;1,4-5H2,2-3H3,(H,9,10);1H3. The van der Waals surface area contributed by atoms with E-state index in [1.165, 1.54) is 5.56 Å². The number of nitrogens with zero attached hydrogens (tertiary/aromatic N) is 1. The number of carbonyl (C=O) groups is 1. The van der Waals surface area contributed by atoms with Crippen LogP contribution in [-0.4, -0.2) is 36.6 Å². The molecule has 0 aliphatic carbocycles. The van der Waals surface area contributed by atoms with Crippen molar-refractivity contribution in [3.8, 4) is 0 Å². The minimum Gasteiger partial charge on any atom is -0.478 e. The van der Waals surface area contributed by atoms with Crippen LogP contribution in [0.3, 0.4) is 0 Å². The van der Waals surface area contributed by atoms with Crippen LogP contribution in [0.5, 0.6) is 0 Å². The summed E-state index contributed by atoms with van der Waals surface area (Å²) in [5, 5.41) is 8.38. The third kappa shape index (κ3) is 11.5. The molecule has 0 saturated heterocycles. The Morgan fingerprint density at radius 1 is 1.32 bits per heavy atom.